The van der Waals surface area contributed by atoms with Crippen molar-refractivity contribution in [1.82, 2.24) is 4.98 Å². The molecule has 96 valence electrons. The van der Waals surface area contributed by atoms with Gasteiger partial charge in [-0.2, -0.15) is 0 Å². The normalized spacial score (nSPS) is 11.3. The van der Waals surface area contributed by atoms with E-state index in [0.717, 1.165) is 0 Å². The number of phenols is 1. The number of H-pyrrole nitrogens is 1. The number of hydrogen-bond donors (Lipinski definition) is 3. The van der Waals surface area contributed by atoms with Crippen LogP contribution in [0.1, 0.15) is 5.56 Å². The van der Waals surface area contributed by atoms with Gasteiger partial charge < -0.3 is 15.2 Å². The summed E-state index contributed by atoms with van der Waals surface area (Å²) in [6.07, 6.45) is 0. The fraction of sp³-hybridized carbons (Fsp3) is 0.0714. The molecule has 0 radical (unpaired) electrons. The summed E-state index contributed by atoms with van der Waals surface area (Å²) in [7, 11) is 0. The largest absolute Gasteiger partial charge is 0.507 e. The number of benzene rings is 2. The SMILES string of the molecule is O=c1c2cccc(Cl)c2[nH]c2cc(CO)cc(O)c12. The smallest absolute Gasteiger partial charge is 0.200 e. The molecule has 0 atom stereocenters. The Hall–Kier alpha value is -2.04. The molecule has 0 aliphatic carbocycles. The number of pyridine rings is 1. The Balaban J connectivity index is 2.58. The summed E-state index contributed by atoms with van der Waals surface area (Å²) in [6, 6.07) is 8.03. The van der Waals surface area contributed by atoms with Gasteiger partial charge in [0.25, 0.3) is 0 Å². The van der Waals surface area contributed by atoms with Crippen LogP contribution in [0.5, 0.6) is 5.75 Å². The third-order valence-corrected chi connectivity index (χ3v) is 3.42. The van der Waals surface area contributed by atoms with E-state index in [2.05, 4.69) is 4.98 Å². The lowest BCUT2D eigenvalue weighted by Gasteiger charge is -2.07. The summed E-state index contributed by atoms with van der Waals surface area (Å²) < 4.78 is 0. The monoisotopic (exact) mass is 275 g/mol. The minimum Gasteiger partial charge on any atom is -0.507 e. The first-order valence-electron chi connectivity index (χ1n) is 5.69. The number of aliphatic hydroxyl groups excluding tert-OH is 1. The van der Waals surface area contributed by atoms with E-state index < -0.39 is 0 Å². The minimum absolute atomic E-state index is 0.148. The van der Waals surface area contributed by atoms with Crippen LogP contribution in [0.15, 0.2) is 35.1 Å². The van der Waals surface area contributed by atoms with E-state index in [0.29, 0.717) is 27.0 Å². The van der Waals surface area contributed by atoms with Gasteiger partial charge in [-0.05, 0) is 29.8 Å². The van der Waals surface area contributed by atoms with Gasteiger partial charge in [-0.3, -0.25) is 4.79 Å². The molecule has 0 saturated heterocycles. The highest BCUT2D eigenvalue weighted by Crippen LogP contribution is 2.27. The Kier molecular flexibility index (Phi) is 2.69. The zero-order chi connectivity index (χ0) is 13.6. The first kappa shape index (κ1) is 12.0. The lowest BCUT2D eigenvalue weighted by atomic mass is 10.1. The quantitative estimate of drug-likeness (QED) is 0.598. The van der Waals surface area contributed by atoms with Crippen molar-refractivity contribution in [3.63, 3.8) is 0 Å². The first-order valence-corrected chi connectivity index (χ1v) is 6.06. The molecule has 0 amide bonds. The molecule has 0 aliphatic rings. The molecule has 3 N–H and O–H groups in total. The summed E-state index contributed by atoms with van der Waals surface area (Å²) in [4.78, 5) is 15.4. The van der Waals surface area contributed by atoms with E-state index in [1.54, 1.807) is 24.3 Å². The number of phenolic OH excluding ortho intramolecular Hbond substituents is 1. The standard InChI is InChI=1S/C14H10ClNO3/c15-9-3-1-2-8-13(9)16-10-4-7(6-17)5-11(18)12(10)14(8)19/h1-5,17-18H,6H2,(H,16,19). The van der Waals surface area contributed by atoms with Crippen molar-refractivity contribution >= 4 is 33.4 Å². The van der Waals surface area contributed by atoms with Crippen LogP contribution in [0.2, 0.25) is 5.02 Å². The zero-order valence-electron chi connectivity index (χ0n) is 9.77. The molecule has 0 fully saturated rings. The van der Waals surface area contributed by atoms with Gasteiger partial charge in [0.2, 0.25) is 5.43 Å². The highest BCUT2D eigenvalue weighted by molar-refractivity contribution is 6.35. The van der Waals surface area contributed by atoms with Gasteiger partial charge in [0, 0.05) is 5.39 Å². The Morgan fingerprint density at radius 2 is 2.05 bits per heavy atom. The fourth-order valence-electron chi connectivity index (χ4n) is 2.22. The van der Waals surface area contributed by atoms with E-state index in [-0.39, 0.29) is 23.2 Å². The first-order chi connectivity index (χ1) is 9.11. The maximum absolute atomic E-state index is 12.4. The van der Waals surface area contributed by atoms with Crippen molar-refractivity contribution in [2.75, 3.05) is 0 Å². The number of aliphatic hydroxyl groups is 1. The second kappa shape index (κ2) is 4.26. The molecule has 19 heavy (non-hydrogen) atoms. The number of para-hydroxylation sites is 1. The van der Waals surface area contributed by atoms with E-state index in [4.69, 9.17) is 16.7 Å². The Labute approximate surface area is 112 Å². The van der Waals surface area contributed by atoms with E-state index in [1.807, 2.05) is 0 Å². The van der Waals surface area contributed by atoms with Crippen molar-refractivity contribution < 1.29 is 10.2 Å². The summed E-state index contributed by atoms with van der Waals surface area (Å²) >= 11 is 6.06. The second-order valence-corrected chi connectivity index (χ2v) is 4.72. The molecular formula is C14H10ClNO3. The van der Waals surface area contributed by atoms with Gasteiger partial charge in [0.15, 0.2) is 0 Å². The number of aromatic nitrogens is 1. The average molecular weight is 276 g/mol. The van der Waals surface area contributed by atoms with Crippen molar-refractivity contribution in [3.8, 4) is 5.75 Å². The number of nitrogens with one attached hydrogen (secondary N) is 1. The van der Waals surface area contributed by atoms with E-state index in [9.17, 15) is 9.90 Å². The highest BCUT2D eigenvalue weighted by atomic mass is 35.5. The van der Waals surface area contributed by atoms with E-state index >= 15 is 0 Å². The molecule has 0 bridgehead atoms. The summed E-state index contributed by atoms with van der Waals surface area (Å²) in [5.41, 5.74) is 1.21. The van der Waals surface area contributed by atoms with Crippen LogP contribution in [0.4, 0.5) is 0 Å². The minimum atomic E-state index is -0.284. The van der Waals surface area contributed by atoms with Gasteiger partial charge in [0.05, 0.1) is 28.0 Å². The molecule has 4 nitrogen and oxygen atoms in total. The second-order valence-electron chi connectivity index (χ2n) is 4.31. The molecule has 0 saturated carbocycles. The average Bonchev–Trinajstić information content (AvgIpc) is 2.39. The van der Waals surface area contributed by atoms with Gasteiger partial charge in [-0.15, -0.1) is 0 Å². The van der Waals surface area contributed by atoms with Gasteiger partial charge >= 0.3 is 0 Å². The number of rotatable bonds is 1. The molecule has 1 heterocycles. The van der Waals surface area contributed by atoms with Crippen LogP contribution >= 0.6 is 11.6 Å². The maximum Gasteiger partial charge on any atom is 0.200 e. The predicted octanol–water partition coefficient (Wildman–Crippen LogP) is 2.53. The third kappa shape index (κ3) is 1.77. The van der Waals surface area contributed by atoms with Crippen LogP contribution in [0.3, 0.4) is 0 Å². The highest BCUT2D eigenvalue weighted by Gasteiger charge is 2.12. The van der Waals surface area contributed by atoms with Crippen LogP contribution in [-0.4, -0.2) is 15.2 Å². The van der Waals surface area contributed by atoms with Crippen molar-refractivity contribution in [2.45, 2.75) is 6.61 Å². The molecule has 1 aromatic heterocycles. The predicted molar refractivity (Wildman–Crippen MR) is 74.7 cm³/mol. The van der Waals surface area contributed by atoms with Crippen LogP contribution in [-0.2, 0) is 6.61 Å². The molecule has 5 heteroatoms. The molecular weight excluding hydrogens is 266 g/mol. The Morgan fingerprint density at radius 1 is 1.26 bits per heavy atom. The molecule has 0 aliphatic heterocycles. The topological polar surface area (TPSA) is 73.3 Å². The lowest BCUT2D eigenvalue weighted by Crippen LogP contribution is -2.05. The lowest BCUT2D eigenvalue weighted by molar-refractivity contribution is 0.281. The van der Waals surface area contributed by atoms with E-state index in [1.165, 1.54) is 6.07 Å². The third-order valence-electron chi connectivity index (χ3n) is 3.10. The molecule has 2 aromatic carbocycles. The number of fused-ring (bicyclic) bond motifs is 2. The Bertz CT molecular complexity index is 855. The summed E-state index contributed by atoms with van der Waals surface area (Å²) in [5, 5.41) is 20.1. The van der Waals surface area contributed by atoms with Gasteiger partial charge in [-0.25, -0.2) is 0 Å². The number of aromatic hydroxyl groups is 1. The fourth-order valence-corrected chi connectivity index (χ4v) is 2.45. The maximum atomic E-state index is 12.4. The van der Waals surface area contributed by atoms with Gasteiger partial charge in [-0.1, -0.05) is 17.7 Å². The zero-order valence-corrected chi connectivity index (χ0v) is 10.5. The number of hydrogen-bond acceptors (Lipinski definition) is 3. The molecule has 0 spiro atoms. The number of aromatic amines is 1. The van der Waals surface area contributed by atoms with Crippen LogP contribution in [0.25, 0.3) is 21.8 Å². The molecule has 3 rings (SSSR count). The van der Waals surface area contributed by atoms with Crippen molar-refractivity contribution in [2.24, 2.45) is 0 Å². The molecule has 3 aromatic rings. The van der Waals surface area contributed by atoms with Crippen molar-refractivity contribution in [3.05, 3.63) is 51.1 Å². The van der Waals surface area contributed by atoms with Crippen LogP contribution in [0, 0.1) is 0 Å². The van der Waals surface area contributed by atoms with Crippen molar-refractivity contribution in [1.29, 1.82) is 0 Å². The van der Waals surface area contributed by atoms with Crippen LogP contribution < -0.4 is 5.43 Å². The summed E-state index contributed by atoms with van der Waals surface area (Å²) in [6.45, 7) is -0.216. The summed E-state index contributed by atoms with van der Waals surface area (Å²) in [5.74, 6) is -0.148. The van der Waals surface area contributed by atoms with Gasteiger partial charge in [0.1, 0.15) is 5.75 Å². The molecule has 0 unspecified atom stereocenters. The Morgan fingerprint density at radius 3 is 2.79 bits per heavy atom. The number of halogens is 1.